The number of hydrogen-bond donors (Lipinski definition) is 2. The van der Waals surface area contributed by atoms with Crippen molar-refractivity contribution in [1.82, 2.24) is 14.5 Å². The van der Waals surface area contributed by atoms with Gasteiger partial charge in [-0.05, 0) is 51.0 Å². The molecule has 0 fully saturated rings. The molecular weight excluding hydrogens is 354 g/mol. The number of aryl methyl sites for hydroxylation is 3. The number of unbranched alkanes of at least 4 members (excludes halogenated alkanes) is 1. The Morgan fingerprint density at radius 3 is 2.69 bits per heavy atom. The summed E-state index contributed by atoms with van der Waals surface area (Å²) in [5, 5.41) is 5.10. The van der Waals surface area contributed by atoms with Crippen molar-refractivity contribution in [2.75, 3.05) is 18.1 Å². The molecule has 2 heterocycles. The maximum absolute atomic E-state index is 11.2. The van der Waals surface area contributed by atoms with Crippen LogP contribution in [0.4, 0.5) is 5.82 Å². The summed E-state index contributed by atoms with van der Waals surface area (Å²) in [4.78, 5) is 9.26. The lowest BCUT2D eigenvalue weighted by Gasteiger charge is -2.18. The normalized spacial score (nSPS) is 14.7. The standard InChI is InChI=1S/C17H27N5O3S/c1-2-25-11-14-21-15-16(22(14)9-5-6-10-26(19,23)24)12-7-3-4-8-13(12)20-17(15)18/h2-11H2,1H3,(H2,18,20)(H2,19,23,24). The molecule has 0 amide bonds. The van der Waals surface area contributed by atoms with Crippen LogP contribution in [-0.2, 0) is 40.8 Å². The van der Waals surface area contributed by atoms with E-state index in [1.807, 2.05) is 6.92 Å². The lowest BCUT2D eigenvalue weighted by Crippen LogP contribution is -2.17. The number of ether oxygens (including phenoxy) is 1. The fourth-order valence-corrected chi connectivity index (χ4v) is 4.17. The predicted octanol–water partition coefficient (Wildman–Crippen LogP) is 1.50. The molecule has 0 saturated carbocycles. The smallest absolute Gasteiger partial charge is 0.209 e. The van der Waals surface area contributed by atoms with E-state index in [1.165, 1.54) is 5.56 Å². The molecule has 3 rings (SSSR count). The summed E-state index contributed by atoms with van der Waals surface area (Å²) < 4.78 is 30.0. The molecule has 8 nitrogen and oxygen atoms in total. The van der Waals surface area contributed by atoms with Crippen LogP contribution in [0.1, 0.15) is 49.7 Å². The highest BCUT2D eigenvalue weighted by molar-refractivity contribution is 7.89. The molecule has 1 aliphatic carbocycles. The summed E-state index contributed by atoms with van der Waals surface area (Å²) in [5.74, 6) is 1.26. The Labute approximate surface area is 154 Å². The van der Waals surface area contributed by atoms with Crippen LogP contribution in [0.15, 0.2) is 0 Å². The number of pyridine rings is 1. The van der Waals surface area contributed by atoms with E-state index in [0.29, 0.717) is 38.4 Å². The van der Waals surface area contributed by atoms with Crippen molar-refractivity contribution >= 4 is 26.9 Å². The van der Waals surface area contributed by atoms with Crippen LogP contribution < -0.4 is 10.9 Å². The minimum atomic E-state index is -3.43. The SMILES string of the molecule is CCOCc1nc2c(N)nc3c(c2n1CCCCS(N)(=O)=O)CCCC3. The Hall–Kier alpha value is -1.71. The number of rotatable bonds is 8. The largest absolute Gasteiger partial charge is 0.382 e. The number of nitrogen functional groups attached to an aromatic ring is 1. The maximum Gasteiger partial charge on any atom is 0.209 e. The van der Waals surface area contributed by atoms with Gasteiger partial charge in [-0.2, -0.15) is 0 Å². The van der Waals surface area contributed by atoms with Gasteiger partial charge < -0.3 is 15.0 Å². The average molecular weight is 382 g/mol. The molecule has 26 heavy (non-hydrogen) atoms. The molecule has 0 aliphatic heterocycles. The quantitative estimate of drug-likeness (QED) is 0.667. The number of sulfonamides is 1. The molecule has 9 heteroatoms. The number of fused-ring (bicyclic) bond motifs is 3. The van der Waals surface area contributed by atoms with E-state index in [2.05, 4.69) is 9.55 Å². The second-order valence-corrected chi connectivity index (χ2v) is 8.45. The van der Waals surface area contributed by atoms with E-state index < -0.39 is 10.0 Å². The Kier molecular flexibility index (Phi) is 5.79. The van der Waals surface area contributed by atoms with E-state index in [0.717, 1.165) is 48.2 Å². The highest BCUT2D eigenvalue weighted by Gasteiger charge is 2.22. The van der Waals surface area contributed by atoms with Gasteiger partial charge in [0.25, 0.3) is 0 Å². The van der Waals surface area contributed by atoms with Crippen LogP contribution >= 0.6 is 0 Å². The maximum atomic E-state index is 11.2. The highest BCUT2D eigenvalue weighted by atomic mass is 32.2. The summed E-state index contributed by atoms with van der Waals surface area (Å²) in [5.41, 5.74) is 10.2. The second kappa shape index (κ2) is 7.89. The molecule has 144 valence electrons. The number of anilines is 1. The van der Waals surface area contributed by atoms with E-state index in [4.69, 9.17) is 20.6 Å². The van der Waals surface area contributed by atoms with E-state index >= 15 is 0 Å². The first-order chi connectivity index (χ1) is 12.4. The third-order valence-electron chi connectivity index (χ3n) is 4.77. The highest BCUT2D eigenvalue weighted by Crippen LogP contribution is 2.32. The summed E-state index contributed by atoms with van der Waals surface area (Å²) in [7, 11) is -3.43. The van der Waals surface area contributed by atoms with Gasteiger partial charge in [-0.25, -0.2) is 23.5 Å². The summed E-state index contributed by atoms with van der Waals surface area (Å²) in [6.07, 6.45) is 5.36. The fourth-order valence-electron chi connectivity index (χ4n) is 3.57. The van der Waals surface area contributed by atoms with Gasteiger partial charge in [0, 0.05) is 18.8 Å². The number of primary sulfonamides is 1. The van der Waals surface area contributed by atoms with Crippen molar-refractivity contribution in [2.45, 2.75) is 58.6 Å². The number of imidazole rings is 1. The van der Waals surface area contributed by atoms with Crippen molar-refractivity contribution in [3.63, 3.8) is 0 Å². The zero-order chi connectivity index (χ0) is 18.7. The molecule has 0 spiro atoms. The monoisotopic (exact) mass is 381 g/mol. The number of nitrogens with two attached hydrogens (primary N) is 2. The minimum Gasteiger partial charge on any atom is -0.382 e. The number of nitrogens with zero attached hydrogens (tertiary/aromatic N) is 3. The zero-order valence-corrected chi connectivity index (χ0v) is 16.0. The molecule has 0 bridgehead atoms. The van der Waals surface area contributed by atoms with Crippen molar-refractivity contribution in [2.24, 2.45) is 5.14 Å². The number of aromatic nitrogens is 3. The van der Waals surface area contributed by atoms with Gasteiger partial charge in [0.15, 0.2) is 5.82 Å². The third-order valence-corrected chi connectivity index (χ3v) is 5.62. The van der Waals surface area contributed by atoms with Crippen molar-refractivity contribution in [1.29, 1.82) is 0 Å². The topological polar surface area (TPSA) is 126 Å². The van der Waals surface area contributed by atoms with Gasteiger partial charge in [-0.3, -0.25) is 0 Å². The third kappa shape index (κ3) is 4.16. The lowest BCUT2D eigenvalue weighted by molar-refractivity contribution is 0.126. The molecular formula is C17H27N5O3S. The molecule has 0 atom stereocenters. The van der Waals surface area contributed by atoms with Crippen molar-refractivity contribution in [3.05, 3.63) is 17.1 Å². The molecule has 2 aromatic heterocycles. The van der Waals surface area contributed by atoms with Crippen LogP contribution in [0.3, 0.4) is 0 Å². The first kappa shape index (κ1) is 19.1. The van der Waals surface area contributed by atoms with E-state index in [-0.39, 0.29) is 5.75 Å². The molecule has 1 aliphatic rings. The summed E-state index contributed by atoms with van der Waals surface area (Å²) in [6, 6.07) is 0. The number of hydrogen-bond acceptors (Lipinski definition) is 6. The molecule has 4 N–H and O–H groups in total. The molecule has 0 aromatic carbocycles. The van der Waals surface area contributed by atoms with Gasteiger partial charge in [0.1, 0.15) is 17.9 Å². The van der Waals surface area contributed by atoms with Crippen LogP contribution in [0.5, 0.6) is 0 Å². The van der Waals surface area contributed by atoms with Crippen molar-refractivity contribution in [3.8, 4) is 0 Å². The predicted molar refractivity (Wildman–Crippen MR) is 101 cm³/mol. The lowest BCUT2D eigenvalue weighted by atomic mass is 9.95. The van der Waals surface area contributed by atoms with Crippen LogP contribution in [0.2, 0.25) is 0 Å². The second-order valence-electron chi connectivity index (χ2n) is 6.72. The van der Waals surface area contributed by atoms with Crippen LogP contribution in [0, 0.1) is 0 Å². The van der Waals surface area contributed by atoms with Gasteiger partial charge >= 0.3 is 0 Å². The van der Waals surface area contributed by atoms with Gasteiger partial charge in [-0.15, -0.1) is 0 Å². The summed E-state index contributed by atoms with van der Waals surface area (Å²) in [6.45, 7) is 3.59. The Morgan fingerprint density at radius 2 is 1.96 bits per heavy atom. The van der Waals surface area contributed by atoms with Crippen LogP contribution in [-0.4, -0.2) is 35.3 Å². The molecule has 0 unspecified atom stereocenters. The first-order valence-corrected chi connectivity index (χ1v) is 10.9. The van der Waals surface area contributed by atoms with Gasteiger partial charge in [0.05, 0.1) is 11.3 Å². The first-order valence-electron chi connectivity index (χ1n) is 9.15. The Morgan fingerprint density at radius 1 is 1.19 bits per heavy atom. The Bertz CT molecular complexity index is 892. The Balaban J connectivity index is 1.97. The average Bonchev–Trinajstić information content (AvgIpc) is 2.95. The van der Waals surface area contributed by atoms with Gasteiger partial charge in [-0.1, -0.05) is 0 Å². The van der Waals surface area contributed by atoms with Crippen molar-refractivity contribution < 1.29 is 13.2 Å². The molecule has 0 radical (unpaired) electrons. The van der Waals surface area contributed by atoms with E-state index in [1.54, 1.807) is 0 Å². The van der Waals surface area contributed by atoms with E-state index in [9.17, 15) is 8.42 Å². The molecule has 2 aromatic rings. The zero-order valence-electron chi connectivity index (χ0n) is 15.2. The summed E-state index contributed by atoms with van der Waals surface area (Å²) >= 11 is 0. The molecule has 0 saturated heterocycles. The van der Waals surface area contributed by atoms with Crippen LogP contribution in [0.25, 0.3) is 11.0 Å². The van der Waals surface area contributed by atoms with Gasteiger partial charge in [0.2, 0.25) is 10.0 Å². The minimum absolute atomic E-state index is 0.0117. The fraction of sp³-hybridized carbons (Fsp3) is 0.647.